The lowest BCUT2D eigenvalue weighted by molar-refractivity contribution is -0.184. The third kappa shape index (κ3) is 3.59. The molecule has 1 aliphatic heterocycles. The van der Waals surface area contributed by atoms with Crippen LogP contribution in [0, 0.1) is 5.92 Å². The summed E-state index contributed by atoms with van der Waals surface area (Å²) in [5, 5.41) is 3.16. The number of nitrogens with one attached hydrogen (secondary N) is 1. The SMILES string of the molecule is CC1(CNC2CCCC(C(F)(F)F)C2)OCCO1. The first-order chi connectivity index (χ1) is 8.39. The zero-order valence-corrected chi connectivity index (χ0v) is 10.6. The van der Waals surface area contributed by atoms with Gasteiger partial charge >= 0.3 is 6.18 Å². The van der Waals surface area contributed by atoms with Crippen LogP contribution in [0.4, 0.5) is 13.2 Å². The van der Waals surface area contributed by atoms with Crippen molar-refractivity contribution in [3.63, 3.8) is 0 Å². The van der Waals surface area contributed by atoms with Crippen LogP contribution in [0.15, 0.2) is 0 Å². The zero-order valence-electron chi connectivity index (χ0n) is 10.6. The fourth-order valence-electron chi connectivity index (χ4n) is 2.66. The minimum absolute atomic E-state index is 0.0880. The van der Waals surface area contributed by atoms with E-state index in [2.05, 4.69) is 5.32 Å². The molecule has 2 unspecified atom stereocenters. The number of rotatable bonds is 3. The zero-order chi connectivity index (χ0) is 13.2. The van der Waals surface area contributed by atoms with Crippen molar-refractivity contribution < 1.29 is 22.6 Å². The van der Waals surface area contributed by atoms with Gasteiger partial charge in [0.05, 0.1) is 19.1 Å². The Hall–Kier alpha value is -0.330. The van der Waals surface area contributed by atoms with Gasteiger partial charge in [-0.15, -0.1) is 0 Å². The van der Waals surface area contributed by atoms with Crippen LogP contribution in [-0.2, 0) is 9.47 Å². The van der Waals surface area contributed by atoms with Gasteiger partial charge in [0.25, 0.3) is 0 Å². The quantitative estimate of drug-likeness (QED) is 0.852. The van der Waals surface area contributed by atoms with E-state index in [1.165, 1.54) is 0 Å². The van der Waals surface area contributed by atoms with E-state index in [0.29, 0.717) is 26.2 Å². The van der Waals surface area contributed by atoms with Gasteiger partial charge < -0.3 is 14.8 Å². The van der Waals surface area contributed by atoms with E-state index in [-0.39, 0.29) is 18.9 Å². The van der Waals surface area contributed by atoms with Crippen LogP contribution in [0.2, 0.25) is 0 Å². The highest BCUT2D eigenvalue weighted by Gasteiger charge is 2.42. The molecule has 106 valence electrons. The number of hydrogen-bond donors (Lipinski definition) is 1. The van der Waals surface area contributed by atoms with E-state index >= 15 is 0 Å². The molecule has 1 saturated heterocycles. The molecule has 2 aliphatic rings. The topological polar surface area (TPSA) is 30.5 Å². The monoisotopic (exact) mass is 267 g/mol. The minimum Gasteiger partial charge on any atom is -0.347 e. The van der Waals surface area contributed by atoms with Crippen molar-refractivity contribution in [1.29, 1.82) is 0 Å². The summed E-state index contributed by atoms with van der Waals surface area (Å²) in [6, 6.07) is -0.0880. The molecule has 2 atom stereocenters. The summed E-state index contributed by atoms with van der Waals surface area (Å²) in [5.41, 5.74) is 0. The summed E-state index contributed by atoms with van der Waals surface area (Å²) in [4.78, 5) is 0. The molecule has 3 nitrogen and oxygen atoms in total. The molecule has 0 bridgehead atoms. The summed E-state index contributed by atoms with van der Waals surface area (Å²) in [6.45, 7) is 3.36. The summed E-state index contributed by atoms with van der Waals surface area (Å²) in [5.74, 6) is -1.84. The van der Waals surface area contributed by atoms with Crippen LogP contribution < -0.4 is 5.32 Å². The first-order valence-corrected chi connectivity index (χ1v) is 6.47. The maximum Gasteiger partial charge on any atom is 0.391 e. The van der Waals surface area contributed by atoms with Crippen molar-refractivity contribution in [2.24, 2.45) is 5.92 Å². The number of halogens is 3. The molecule has 1 N–H and O–H groups in total. The van der Waals surface area contributed by atoms with Crippen molar-refractivity contribution in [1.82, 2.24) is 5.32 Å². The number of hydrogen-bond acceptors (Lipinski definition) is 3. The molecule has 1 saturated carbocycles. The Bertz CT molecular complexity index is 277. The first kappa shape index (κ1) is 14.1. The standard InChI is InChI=1S/C12H20F3NO2/c1-11(17-5-6-18-11)8-16-10-4-2-3-9(7-10)12(13,14)15/h9-10,16H,2-8H2,1H3. The van der Waals surface area contributed by atoms with Gasteiger partial charge in [0.15, 0.2) is 5.79 Å². The van der Waals surface area contributed by atoms with Crippen LogP contribution in [0.1, 0.15) is 32.6 Å². The molecule has 18 heavy (non-hydrogen) atoms. The van der Waals surface area contributed by atoms with Crippen LogP contribution in [-0.4, -0.2) is 37.8 Å². The van der Waals surface area contributed by atoms with Crippen LogP contribution in [0.25, 0.3) is 0 Å². The smallest absolute Gasteiger partial charge is 0.347 e. The fourth-order valence-corrected chi connectivity index (χ4v) is 2.66. The average molecular weight is 267 g/mol. The van der Waals surface area contributed by atoms with Crippen LogP contribution in [0.5, 0.6) is 0 Å². The Kier molecular flexibility index (Phi) is 4.18. The van der Waals surface area contributed by atoms with Gasteiger partial charge in [-0.3, -0.25) is 0 Å². The lowest BCUT2D eigenvalue weighted by Gasteiger charge is -2.33. The van der Waals surface area contributed by atoms with Crippen molar-refractivity contribution in [3.05, 3.63) is 0 Å². The largest absolute Gasteiger partial charge is 0.391 e. The van der Waals surface area contributed by atoms with Gasteiger partial charge in [-0.1, -0.05) is 6.42 Å². The van der Waals surface area contributed by atoms with E-state index in [0.717, 1.165) is 6.42 Å². The van der Waals surface area contributed by atoms with Crippen LogP contribution >= 0.6 is 0 Å². The third-order valence-corrected chi connectivity index (χ3v) is 3.75. The summed E-state index contributed by atoms with van der Waals surface area (Å²) in [6.07, 6.45) is -2.22. The fraction of sp³-hybridized carbons (Fsp3) is 1.00. The molecular formula is C12H20F3NO2. The van der Waals surface area contributed by atoms with E-state index in [1.54, 1.807) is 0 Å². The normalized spacial score (nSPS) is 32.7. The van der Waals surface area contributed by atoms with Gasteiger partial charge in [0.1, 0.15) is 0 Å². The van der Waals surface area contributed by atoms with Gasteiger partial charge in [0.2, 0.25) is 0 Å². The summed E-state index contributed by atoms with van der Waals surface area (Å²) >= 11 is 0. The van der Waals surface area contributed by atoms with Crippen molar-refractivity contribution in [2.45, 2.75) is 50.6 Å². The predicted octanol–water partition coefficient (Wildman–Crippen LogP) is 2.46. The molecule has 1 heterocycles. The molecule has 1 aliphatic carbocycles. The Morgan fingerprint density at radius 3 is 2.50 bits per heavy atom. The Labute approximate surface area is 105 Å². The maximum absolute atomic E-state index is 12.7. The predicted molar refractivity (Wildman–Crippen MR) is 60.1 cm³/mol. The van der Waals surface area contributed by atoms with Gasteiger partial charge in [-0.25, -0.2) is 0 Å². The van der Waals surface area contributed by atoms with Gasteiger partial charge in [0, 0.05) is 12.6 Å². The summed E-state index contributed by atoms with van der Waals surface area (Å²) < 4.78 is 48.8. The molecule has 0 amide bonds. The second-order valence-electron chi connectivity index (χ2n) is 5.31. The molecule has 0 aromatic heterocycles. The average Bonchev–Trinajstić information content (AvgIpc) is 2.74. The van der Waals surface area contributed by atoms with Gasteiger partial charge in [-0.05, 0) is 26.2 Å². The molecule has 0 radical (unpaired) electrons. The second kappa shape index (κ2) is 5.35. The molecule has 0 spiro atoms. The Morgan fingerprint density at radius 2 is 1.89 bits per heavy atom. The van der Waals surface area contributed by atoms with Crippen molar-refractivity contribution in [3.8, 4) is 0 Å². The van der Waals surface area contributed by atoms with E-state index in [9.17, 15) is 13.2 Å². The van der Waals surface area contributed by atoms with Crippen molar-refractivity contribution >= 4 is 0 Å². The highest BCUT2D eigenvalue weighted by Crippen LogP contribution is 2.37. The minimum atomic E-state index is -4.06. The highest BCUT2D eigenvalue weighted by molar-refractivity contribution is 4.83. The first-order valence-electron chi connectivity index (χ1n) is 6.47. The number of alkyl halides is 3. The molecule has 6 heteroatoms. The molecule has 2 rings (SSSR count). The van der Waals surface area contributed by atoms with Crippen molar-refractivity contribution in [2.75, 3.05) is 19.8 Å². The third-order valence-electron chi connectivity index (χ3n) is 3.75. The molecule has 0 aromatic rings. The van der Waals surface area contributed by atoms with E-state index < -0.39 is 17.9 Å². The number of ether oxygens (including phenoxy) is 2. The maximum atomic E-state index is 12.7. The second-order valence-corrected chi connectivity index (χ2v) is 5.31. The molecule has 2 fully saturated rings. The Balaban J connectivity index is 1.79. The van der Waals surface area contributed by atoms with Crippen LogP contribution in [0.3, 0.4) is 0 Å². The van der Waals surface area contributed by atoms with E-state index in [4.69, 9.17) is 9.47 Å². The Morgan fingerprint density at radius 1 is 1.22 bits per heavy atom. The lowest BCUT2D eigenvalue weighted by Crippen LogP contribution is -2.46. The van der Waals surface area contributed by atoms with Gasteiger partial charge in [-0.2, -0.15) is 13.2 Å². The molecular weight excluding hydrogens is 247 g/mol. The summed E-state index contributed by atoms with van der Waals surface area (Å²) in [7, 11) is 0. The highest BCUT2D eigenvalue weighted by atomic mass is 19.4. The van der Waals surface area contributed by atoms with E-state index in [1.807, 2.05) is 6.92 Å². The lowest BCUT2D eigenvalue weighted by atomic mass is 9.85. The molecule has 0 aromatic carbocycles.